The van der Waals surface area contributed by atoms with Crippen LogP contribution in [0.2, 0.25) is 5.02 Å². The molecular weight excluding hydrogens is 402 g/mol. The molecule has 30 heavy (non-hydrogen) atoms. The van der Waals surface area contributed by atoms with Gasteiger partial charge < -0.3 is 15.0 Å². The molecule has 1 heterocycles. The molecule has 2 atom stereocenters. The number of amides is 2. The van der Waals surface area contributed by atoms with Gasteiger partial charge in [0.2, 0.25) is 5.91 Å². The lowest BCUT2D eigenvalue weighted by molar-refractivity contribution is -0.133. The highest BCUT2D eigenvalue weighted by Crippen LogP contribution is 2.25. The number of aromatic nitrogens is 1. The predicted molar refractivity (Wildman–Crippen MR) is 119 cm³/mol. The van der Waals surface area contributed by atoms with Gasteiger partial charge in [-0.2, -0.15) is 0 Å². The van der Waals surface area contributed by atoms with Gasteiger partial charge in [0, 0.05) is 35.0 Å². The fourth-order valence-corrected chi connectivity index (χ4v) is 3.41. The van der Waals surface area contributed by atoms with Crippen molar-refractivity contribution in [2.24, 2.45) is 5.92 Å². The molecule has 7 heteroatoms. The highest BCUT2D eigenvalue weighted by atomic mass is 35.5. The highest BCUT2D eigenvalue weighted by Gasteiger charge is 2.29. The van der Waals surface area contributed by atoms with E-state index in [1.807, 2.05) is 27.7 Å². The molecule has 0 radical (unpaired) electrons. The van der Waals surface area contributed by atoms with E-state index in [4.69, 9.17) is 16.3 Å². The maximum Gasteiger partial charge on any atom is 0.251 e. The van der Waals surface area contributed by atoms with Gasteiger partial charge in [0.05, 0.1) is 19.3 Å². The minimum Gasteiger partial charge on any atom is -0.496 e. The lowest BCUT2D eigenvalue weighted by Crippen LogP contribution is -2.50. The molecule has 0 saturated heterocycles. The minimum atomic E-state index is -0.643. The molecule has 0 fully saturated rings. The number of carbonyl (C=O) groups is 2. The zero-order valence-electron chi connectivity index (χ0n) is 18.5. The van der Waals surface area contributed by atoms with Crippen molar-refractivity contribution in [2.75, 3.05) is 14.2 Å². The SMILES string of the molecule is CCC(C)C(NC(=O)c1ccc(Cl)cc1)C(=O)N(C)Cc1ncc(C)c(OC)c1C. The second kappa shape index (κ2) is 10.4. The third-order valence-corrected chi connectivity index (χ3v) is 5.64. The summed E-state index contributed by atoms with van der Waals surface area (Å²) in [5.41, 5.74) is 3.08. The van der Waals surface area contributed by atoms with E-state index in [9.17, 15) is 9.59 Å². The molecule has 0 aliphatic heterocycles. The zero-order chi connectivity index (χ0) is 22.4. The Kier molecular flexibility index (Phi) is 8.24. The molecular formula is C23H30ClN3O3. The summed E-state index contributed by atoms with van der Waals surface area (Å²) in [6.45, 7) is 8.14. The number of benzene rings is 1. The Morgan fingerprint density at radius 1 is 1.23 bits per heavy atom. The number of hydrogen-bond acceptors (Lipinski definition) is 4. The Bertz CT molecular complexity index is 899. The van der Waals surface area contributed by atoms with Gasteiger partial charge in [-0.15, -0.1) is 0 Å². The average Bonchev–Trinajstić information content (AvgIpc) is 2.73. The smallest absolute Gasteiger partial charge is 0.251 e. The van der Waals surface area contributed by atoms with E-state index in [1.54, 1.807) is 49.5 Å². The third kappa shape index (κ3) is 5.51. The molecule has 0 spiro atoms. The summed E-state index contributed by atoms with van der Waals surface area (Å²) in [6.07, 6.45) is 2.49. The first kappa shape index (κ1) is 23.7. The summed E-state index contributed by atoms with van der Waals surface area (Å²) >= 11 is 5.90. The quantitative estimate of drug-likeness (QED) is 0.681. The van der Waals surface area contributed by atoms with Gasteiger partial charge in [-0.1, -0.05) is 31.9 Å². The van der Waals surface area contributed by atoms with Crippen LogP contribution in [0.5, 0.6) is 5.75 Å². The summed E-state index contributed by atoms with van der Waals surface area (Å²) in [6, 6.07) is 5.96. The Labute approximate surface area is 183 Å². The van der Waals surface area contributed by atoms with E-state index in [0.717, 1.165) is 29.0 Å². The molecule has 2 amide bonds. The zero-order valence-corrected chi connectivity index (χ0v) is 19.2. The molecule has 2 rings (SSSR count). The topological polar surface area (TPSA) is 71.5 Å². The lowest BCUT2D eigenvalue weighted by atomic mass is 9.97. The van der Waals surface area contributed by atoms with Gasteiger partial charge in [0.1, 0.15) is 11.8 Å². The van der Waals surface area contributed by atoms with Crippen molar-refractivity contribution in [1.29, 1.82) is 0 Å². The number of pyridine rings is 1. The first-order valence-electron chi connectivity index (χ1n) is 10.00. The number of nitrogens with one attached hydrogen (secondary N) is 1. The molecule has 0 aliphatic carbocycles. The fourth-order valence-electron chi connectivity index (χ4n) is 3.28. The summed E-state index contributed by atoms with van der Waals surface area (Å²) in [4.78, 5) is 32.0. The number of halogens is 1. The van der Waals surface area contributed by atoms with Crippen LogP contribution < -0.4 is 10.1 Å². The summed E-state index contributed by atoms with van der Waals surface area (Å²) in [7, 11) is 3.35. The Morgan fingerprint density at radius 3 is 2.43 bits per heavy atom. The number of methoxy groups -OCH3 is 1. The van der Waals surface area contributed by atoms with E-state index in [1.165, 1.54) is 0 Å². The third-order valence-electron chi connectivity index (χ3n) is 5.38. The highest BCUT2D eigenvalue weighted by molar-refractivity contribution is 6.30. The number of rotatable bonds is 8. The van der Waals surface area contributed by atoms with Crippen LogP contribution in [0.1, 0.15) is 47.4 Å². The number of ether oxygens (including phenoxy) is 1. The molecule has 0 saturated carbocycles. The van der Waals surface area contributed by atoms with E-state index in [-0.39, 0.29) is 17.7 Å². The Morgan fingerprint density at radius 2 is 1.87 bits per heavy atom. The van der Waals surface area contributed by atoms with Gasteiger partial charge in [0.15, 0.2) is 0 Å². The number of nitrogens with zero attached hydrogens (tertiary/aromatic N) is 2. The molecule has 1 aromatic carbocycles. The van der Waals surface area contributed by atoms with Crippen LogP contribution in [-0.4, -0.2) is 41.9 Å². The van der Waals surface area contributed by atoms with Gasteiger partial charge in [0.25, 0.3) is 5.91 Å². The lowest BCUT2D eigenvalue weighted by Gasteiger charge is -2.28. The minimum absolute atomic E-state index is 0.0298. The van der Waals surface area contributed by atoms with E-state index >= 15 is 0 Å². The molecule has 1 N–H and O–H groups in total. The van der Waals surface area contributed by atoms with Crippen molar-refractivity contribution in [2.45, 2.75) is 46.7 Å². The van der Waals surface area contributed by atoms with E-state index in [0.29, 0.717) is 17.1 Å². The molecule has 1 aromatic heterocycles. The van der Waals surface area contributed by atoms with Crippen molar-refractivity contribution in [3.63, 3.8) is 0 Å². The number of likely N-dealkylation sites (N-methyl/N-ethyl adjacent to an activating group) is 1. The summed E-state index contributed by atoms with van der Waals surface area (Å²) < 4.78 is 5.46. The first-order chi connectivity index (χ1) is 14.2. The largest absolute Gasteiger partial charge is 0.496 e. The van der Waals surface area contributed by atoms with Crippen molar-refractivity contribution in [3.8, 4) is 5.75 Å². The van der Waals surface area contributed by atoms with Gasteiger partial charge >= 0.3 is 0 Å². The maximum atomic E-state index is 13.2. The maximum absolute atomic E-state index is 13.2. The van der Waals surface area contributed by atoms with Crippen LogP contribution in [0, 0.1) is 19.8 Å². The number of carbonyl (C=O) groups excluding carboxylic acids is 2. The van der Waals surface area contributed by atoms with Crippen molar-refractivity contribution in [1.82, 2.24) is 15.2 Å². The summed E-state index contributed by atoms with van der Waals surface area (Å²) in [5, 5.41) is 3.45. The van der Waals surface area contributed by atoms with Crippen LogP contribution in [0.3, 0.4) is 0 Å². The van der Waals surface area contributed by atoms with E-state index < -0.39 is 6.04 Å². The number of hydrogen-bond donors (Lipinski definition) is 1. The van der Waals surface area contributed by atoms with Crippen LogP contribution in [0.15, 0.2) is 30.5 Å². The van der Waals surface area contributed by atoms with Crippen molar-refractivity contribution < 1.29 is 14.3 Å². The van der Waals surface area contributed by atoms with Gasteiger partial charge in [-0.05, 0) is 44.0 Å². The standard InChI is InChI=1S/C23H30ClN3O3/c1-7-14(2)20(26-22(28)17-8-10-18(24)11-9-17)23(29)27(5)13-19-16(4)21(30-6)15(3)12-25-19/h8-12,14,20H,7,13H2,1-6H3,(H,26,28). The van der Waals surface area contributed by atoms with Crippen molar-refractivity contribution in [3.05, 3.63) is 57.9 Å². The molecule has 2 unspecified atom stereocenters. The van der Waals surface area contributed by atoms with Crippen LogP contribution in [0.4, 0.5) is 0 Å². The molecule has 0 bridgehead atoms. The van der Waals surface area contributed by atoms with Crippen LogP contribution >= 0.6 is 11.6 Å². The monoisotopic (exact) mass is 431 g/mol. The van der Waals surface area contributed by atoms with Gasteiger partial charge in [-0.25, -0.2) is 0 Å². The Hall–Kier alpha value is -2.60. The predicted octanol–water partition coefficient (Wildman–Crippen LogP) is 4.16. The number of aryl methyl sites for hydroxylation is 1. The average molecular weight is 432 g/mol. The van der Waals surface area contributed by atoms with Crippen LogP contribution in [0.25, 0.3) is 0 Å². The molecule has 6 nitrogen and oxygen atoms in total. The van der Waals surface area contributed by atoms with Gasteiger partial charge in [-0.3, -0.25) is 14.6 Å². The first-order valence-corrected chi connectivity index (χ1v) is 10.4. The van der Waals surface area contributed by atoms with Crippen molar-refractivity contribution >= 4 is 23.4 Å². The normalized spacial score (nSPS) is 12.8. The van der Waals surface area contributed by atoms with Crippen LogP contribution in [-0.2, 0) is 11.3 Å². The second-order valence-corrected chi connectivity index (χ2v) is 8.02. The van der Waals surface area contributed by atoms with E-state index in [2.05, 4.69) is 10.3 Å². The molecule has 2 aromatic rings. The second-order valence-electron chi connectivity index (χ2n) is 7.58. The summed E-state index contributed by atoms with van der Waals surface area (Å²) in [5.74, 6) is 0.283. The Balaban J connectivity index is 2.20. The molecule has 162 valence electrons. The fraction of sp³-hybridized carbons (Fsp3) is 0.435. The molecule has 0 aliphatic rings.